The second kappa shape index (κ2) is 6.11. The number of hydrogen-bond acceptors (Lipinski definition) is 2. The molecule has 0 aromatic heterocycles. The summed E-state index contributed by atoms with van der Waals surface area (Å²) < 4.78 is 25.6. The van der Waals surface area contributed by atoms with Gasteiger partial charge >= 0.3 is 0 Å². The molecule has 6 heteroatoms. The number of anilines is 1. The van der Waals surface area contributed by atoms with E-state index in [4.69, 9.17) is 5.73 Å². The number of nitrogens with two attached hydrogens (primary N) is 1. The lowest BCUT2D eigenvalue weighted by molar-refractivity contribution is -0.119. The van der Waals surface area contributed by atoms with E-state index in [9.17, 15) is 13.6 Å². The Kier molecular flexibility index (Phi) is 5.04. The highest BCUT2D eigenvalue weighted by Gasteiger charge is 2.27. The Morgan fingerprint density at radius 1 is 1.28 bits per heavy atom. The monoisotopic (exact) mass is 276 g/mol. The molecular weight excluding hydrogens is 262 g/mol. The number of nitrogens with one attached hydrogen (secondary N) is 1. The van der Waals surface area contributed by atoms with E-state index in [0.717, 1.165) is 25.0 Å². The van der Waals surface area contributed by atoms with Gasteiger partial charge in [-0.05, 0) is 31.4 Å². The van der Waals surface area contributed by atoms with Crippen LogP contribution in [-0.2, 0) is 4.79 Å². The third-order valence-corrected chi connectivity index (χ3v) is 3.03. The minimum atomic E-state index is -0.967. The van der Waals surface area contributed by atoms with Crippen molar-refractivity contribution in [3.8, 4) is 0 Å². The first-order valence-corrected chi connectivity index (χ1v) is 5.58. The molecule has 0 heterocycles. The van der Waals surface area contributed by atoms with E-state index in [1.165, 1.54) is 6.07 Å². The molecule has 0 saturated heterocycles. The number of carbonyl (C=O) groups is 1. The summed E-state index contributed by atoms with van der Waals surface area (Å²) in [5, 5.41) is 2.57. The van der Waals surface area contributed by atoms with Gasteiger partial charge in [-0.2, -0.15) is 0 Å². The molecule has 100 valence electrons. The van der Waals surface area contributed by atoms with Crippen molar-refractivity contribution in [2.75, 3.05) is 5.32 Å². The molecule has 1 aromatic carbocycles. The van der Waals surface area contributed by atoms with Gasteiger partial charge in [-0.1, -0.05) is 0 Å². The third kappa shape index (κ3) is 3.40. The summed E-state index contributed by atoms with van der Waals surface area (Å²) >= 11 is 0. The van der Waals surface area contributed by atoms with Crippen LogP contribution in [-0.4, -0.2) is 11.9 Å². The second-order valence-corrected chi connectivity index (χ2v) is 4.39. The quantitative estimate of drug-likeness (QED) is 0.872. The number of carbonyl (C=O) groups excluding carboxylic acids is 1. The predicted molar refractivity (Wildman–Crippen MR) is 67.6 cm³/mol. The highest BCUT2D eigenvalue weighted by atomic mass is 35.5. The van der Waals surface area contributed by atoms with E-state index in [-0.39, 0.29) is 36.0 Å². The normalized spacial score (nSPS) is 22.4. The van der Waals surface area contributed by atoms with Gasteiger partial charge in [0.15, 0.2) is 11.6 Å². The summed E-state index contributed by atoms with van der Waals surface area (Å²) in [5.74, 6) is -2.20. The van der Waals surface area contributed by atoms with E-state index in [0.29, 0.717) is 6.42 Å². The summed E-state index contributed by atoms with van der Waals surface area (Å²) in [6, 6.07) is 3.37. The third-order valence-electron chi connectivity index (χ3n) is 3.03. The van der Waals surface area contributed by atoms with Gasteiger partial charge in [-0.3, -0.25) is 4.79 Å². The SMILES string of the molecule is Cl.NC1CCC(C(=O)Nc2ccc(F)c(F)c2)C1. The fourth-order valence-corrected chi connectivity index (χ4v) is 2.07. The van der Waals surface area contributed by atoms with Gasteiger partial charge in [0.1, 0.15) is 0 Å². The minimum absolute atomic E-state index is 0. The molecule has 0 radical (unpaired) electrons. The van der Waals surface area contributed by atoms with Crippen LogP contribution >= 0.6 is 12.4 Å². The maximum absolute atomic E-state index is 12.9. The Labute approximate surface area is 110 Å². The zero-order valence-electron chi connectivity index (χ0n) is 9.66. The second-order valence-electron chi connectivity index (χ2n) is 4.39. The van der Waals surface area contributed by atoms with Gasteiger partial charge in [0.25, 0.3) is 0 Å². The molecule has 1 fully saturated rings. The van der Waals surface area contributed by atoms with Crippen LogP contribution in [0.15, 0.2) is 18.2 Å². The highest BCUT2D eigenvalue weighted by Crippen LogP contribution is 2.25. The molecule has 0 spiro atoms. The molecule has 2 rings (SSSR count). The topological polar surface area (TPSA) is 55.1 Å². The first-order chi connectivity index (χ1) is 8.06. The number of benzene rings is 1. The predicted octanol–water partition coefficient (Wildman–Crippen LogP) is 2.45. The first kappa shape index (κ1) is 14.9. The van der Waals surface area contributed by atoms with Gasteiger partial charge in [-0.25, -0.2) is 8.78 Å². The van der Waals surface area contributed by atoms with Gasteiger partial charge in [-0.15, -0.1) is 12.4 Å². The zero-order valence-corrected chi connectivity index (χ0v) is 10.5. The largest absolute Gasteiger partial charge is 0.328 e. The lowest BCUT2D eigenvalue weighted by Crippen LogP contribution is -2.23. The van der Waals surface area contributed by atoms with Crippen molar-refractivity contribution in [3.63, 3.8) is 0 Å². The molecule has 0 aliphatic heterocycles. The van der Waals surface area contributed by atoms with E-state index in [2.05, 4.69) is 5.32 Å². The molecule has 3 N–H and O–H groups in total. The smallest absolute Gasteiger partial charge is 0.227 e. The highest BCUT2D eigenvalue weighted by molar-refractivity contribution is 5.92. The molecular formula is C12H15ClF2N2O. The van der Waals surface area contributed by atoms with Crippen LogP contribution in [0, 0.1) is 17.6 Å². The number of amides is 1. The lowest BCUT2D eigenvalue weighted by Gasteiger charge is -2.10. The summed E-state index contributed by atoms with van der Waals surface area (Å²) in [4.78, 5) is 11.8. The summed E-state index contributed by atoms with van der Waals surface area (Å²) in [6.45, 7) is 0. The van der Waals surface area contributed by atoms with Crippen LogP contribution in [0.1, 0.15) is 19.3 Å². The van der Waals surface area contributed by atoms with Gasteiger partial charge < -0.3 is 11.1 Å². The van der Waals surface area contributed by atoms with Crippen molar-refractivity contribution in [1.29, 1.82) is 0 Å². The van der Waals surface area contributed by atoms with E-state index in [1.807, 2.05) is 0 Å². The van der Waals surface area contributed by atoms with Crippen molar-refractivity contribution in [1.82, 2.24) is 0 Å². The molecule has 1 aromatic rings. The number of halogens is 3. The first-order valence-electron chi connectivity index (χ1n) is 5.58. The molecule has 1 aliphatic rings. The standard InChI is InChI=1S/C12H14F2N2O.ClH/c13-10-4-3-9(6-11(10)14)16-12(17)7-1-2-8(15)5-7;/h3-4,6-8H,1-2,5,15H2,(H,16,17);1H. The molecule has 2 unspecified atom stereocenters. The van der Waals surface area contributed by atoms with Crippen molar-refractivity contribution < 1.29 is 13.6 Å². The number of hydrogen-bond donors (Lipinski definition) is 2. The Morgan fingerprint density at radius 2 is 2.00 bits per heavy atom. The summed E-state index contributed by atoms with van der Waals surface area (Å²) in [6.07, 6.45) is 2.22. The van der Waals surface area contributed by atoms with Crippen molar-refractivity contribution in [3.05, 3.63) is 29.8 Å². The van der Waals surface area contributed by atoms with Crippen molar-refractivity contribution >= 4 is 24.0 Å². The maximum Gasteiger partial charge on any atom is 0.227 e. The summed E-state index contributed by atoms with van der Waals surface area (Å²) in [5.41, 5.74) is 5.98. The van der Waals surface area contributed by atoms with Crippen molar-refractivity contribution in [2.24, 2.45) is 11.7 Å². The van der Waals surface area contributed by atoms with Gasteiger partial charge in [0.2, 0.25) is 5.91 Å². The Balaban J connectivity index is 0.00000162. The molecule has 1 amide bonds. The molecule has 1 saturated carbocycles. The molecule has 18 heavy (non-hydrogen) atoms. The molecule has 1 aliphatic carbocycles. The Morgan fingerprint density at radius 3 is 2.56 bits per heavy atom. The van der Waals surface area contributed by atoms with Crippen LogP contribution in [0.5, 0.6) is 0 Å². The van der Waals surface area contributed by atoms with E-state index in [1.54, 1.807) is 0 Å². The van der Waals surface area contributed by atoms with Crippen LogP contribution in [0.25, 0.3) is 0 Å². The zero-order chi connectivity index (χ0) is 12.4. The fourth-order valence-electron chi connectivity index (χ4n) is 2.07. The van der Waals surface area contributed by atoms with E-state index < -0.39 is 11.6 Å². The van der Waals surface area contributed by atoms with E-state index >= 15 is 0 Å². The van der Waals surface area contributed by atoms with Crippen LogP contribution in [0.2, 0.25) is 0 Å². The van der Waals surface area contributed by atoms with Crippen LogP contribution in [0.4, 0.5) is 14.5 Å². The van der Waals surface area contributed by atoms with Gasteiger partial charge in [0.05, 0.1) is 0 Å². The Bertz CT molecular complexity index is 442. The minimum Gasteiger partial charge on any atom is -0.328 e. The lowest BCUT2D eigenvalue weighted by atomic mass is 10.1. The summed E-state index contributed by atoms with van der Waals surface area (Å²) in [7, 11) is 0. The number of rotatable bonds is 2. The Hall–Kier alpha value is -1.20. The molecule has 0 bridgehead atoms. The average Bonchev–Trinajstić information content (AvgIpc) is 2.70. The molecule has 2 atom stereocenters. The maximum atomic E-state index is 12.9. The van der Waals surface area contributed by atoms with Crippen molar-refractivity contribution in [2.45, 2.75) is 25.3 Å². The van der Waals surface area contributed by atoms with Gasteiger partial charge in [0, 0.05) is 23.7 Å². The van der Waals surface area contributed by atoms with Crippen LogP contribution < -0.4 is 11.1 Å². The molecule has 3 nitrogen and oxygen atoms in total. The average molecular weight is 277 g/mol. The van der Waals surface area contributed by atoms with Crippen LogP contribution in [0.3, 0.4) is 0 Å². The fraction of sp³-hybridized carbons (Fsp3) is 0.417.